The zero-order valence-electron chi connectivity index (χ0n) is 17.2. The third-order valence-corrected chi connectivity index (χ3v) is 4.82. The molecule has 1 aromatic rings. The summed E-state index contributed by atoms with van der Waals surface area (Å²) in [4.78, 5) is 40.1. The van der Waals surface area contributed by atoms with Crippen LogP contribution < -0.4 is 5.32 Å². The highest BCUT2D eigenvalue weighted by Crippen LogP contribution is 2.29. The van der Waals surface area contributed by atoms with E-state index in [1.165, 1.54) is 4.90 Å². The van der Waals surface area contributed by atoms with Crippen LogP contribution in [0.2, 0.25) is 0 Å². The summed E-state index contributed by atoms with van der Waals surface area (Å²) in [7, 11) is 0. The van der Waals surface area contributed by atoms with Crippen molar-refractivity contribution in [3.05, 3.63) is 35.4 Å². The number of carbonyl (C=O) groups excluding carboxylic acids is 3. The summed E-state index contributed by atoms with van der Waals surface area (Å²) in [6.45, 7) is 6.48. The summed E-state index contributed by atoms with van der Waals surface area (Å²) in [6.07, 6.45) is -5.13. The van der Waals surface area contributed by atoms with Gasteiger partial charge in [0.25, 0.3) is 5.91 Å². The van der Waals surface area contributed by atoms with Crippen LogP contribution in [-0.2, 0) is 15.7 Å². The molecule has 7 nitrogen and oxygen atoms in total. The molecule has 0 spiro atoms. The zero-order chi connectivity index (χ0) is 22.5. The van der Waals surface area contributed by atoms with E-state index in [2.05, 4.69) is 5.32 Å². The normalized spacial score (nSPS) is 15.7. The number of hydrogen-bond acceptors (Lipinski definition) is 4. The number of nitrogens with one attached hydrogen (secondary N) is 1. The molecule has 1 fully saturated rings. The van der Waals surface area contributed by atoms with Crippen LogP contribution in [0.1, 0.15) is 36.7 Å². The average molecular weight is 429 g/mol. The van der Waals surface area contributed by atoms with Crippen molar-refractivity contribution in [2.75, 3.05) is 32.8 Å². The Labute approximate surface area is 173 Å². The molecule has 166 valence electrons. The monoisotopic (exact) mass is 429 g/mol. The van der Waals surface area contributed by atoms with Gasteiger partial charge in [-0.3, -0.25) is 9.59 Å². The molecular formula is C20H26F3N3O4. The van der Waals surface area contributed by atoms with E-state index >= 15 is 0 Å². The Morgan fingerprint density at radius 2 is 1.57 bits per heavy atom. The first-order valence-electron chi connectivity index (χ1n) is 9.73. The van der Waals surface area contributed by atoms with E-state index in [4.69, 9.17) is 4.74 Å². The Kier molecular flexibility index (Phi) is 7.69. The maximum Gasteiger partial charge on any atom is 0.416 e. The number of rotatable bonds is 5. The van der Waals surface area contributed by atoms with Crippen molar-refractivity contribution in [2.45, 2.75) is 33.0 Å². The van der Waals surface area contributed by atoms with Crippen LogP contribution in [0, 0.1) is 5.92 Å². The molecule has 1 aliphatic heterocycles. The highest BCUT2D eigenvalue weighted by atomic mass is 19.4. The summed E-state index contributed by atoms with van der Waals surface area (Å²) < 4.78 is 42.9. The van der Waals surface area contributed by atoms with Gasteiger partial charge >= 0.3 is 12.3 Å². The van der Waals surface area contributed by atoms with Crippen molar-refractivity contribution >= 4 is 17.9 Å². The SMILES string of the molecule is CCOC(=O)NC(C(=O)N1CCN(C(=O)c2ccc(C(F)(F)F)cc2)CC1)C(C)C. The Morgan fingerprint density at radius 1 is 1.03 bits per heavy atom. The minimum absolute atomic E-state index is 0.159. The van der Waals surface area contributed by atoms with E-state index in [1.54, 1.807) is 25.7 Å². The second-order valence-corrected chi connectivity index (χ2v) is 7.28. The van der Waals surface area contributed by atoms with Gasteiger partial charge in [0.2, 0.25) is 5.91 Å². The molecule has 0 aliphatic carbocycles. The van der Waals surface area contributed by atoms with E-state index in [0.717, 1.165) is 24.3 Å². The first-order valence-corrected chi connectivity index (χ1v) is 9.73. The molecule has 1 atom stereocenters. The van der Waals surface area contributed by atoms with Crippen LogP contribution in [0.4, 0.5) is 18.0 Å². The molecule has 1 saturated heterocycles. The lowest BCUT2D eigenvalue weighted by molar-refractivity contribution is -0.137. The van der Waals surface area contributed by atoms with Crippen molar-refractivity contribution in [2.24, 2.45) is 5.92 Å². The van der Waals surface area contributed by atoms with Crippen LogP contribution in [0.5, 0.6) is 0 Å². The lowest BCUT2D eigenvalue weighted by Crippen LogP contribution is -2.57. The second kappa shape index (κ2) is 9.82. The van der Waals surface area contributed by atoms with Gasteiger partial charge in [0.15, 0.2) is 0 Å². The first-order chi connectivity index (χ1) is 14.0. The quantitative estimate of drug-likeness (QED) is 0.781. The van der Waals surface area contributed by atoms with Crippen molar-refractivity contribution in [1.29, 1.82) is 0 Å². The van der Waals surface area contributed by atoms with Gasteiger partial charge in [0.1, 0.15) is 6.04 Å². The Bertz CT molecular complexity index is 758. The van der Waals surface area contributed by atoms with Crippen LogP contribution in [0.15, 0.2) is 24.3 Å². The molecule has 0 saturated carbocycles. The average Bonchev–Trinajstić information content (AvgIpc) is 2.70. The molecule has 0 aromatic heterocycles. The minimum atomic E-state index is -4.46. The van der Waals surface area contributed by atoms with Gasteiger partial charge < -0.3 is 19.9 Å². The number of halogens is 3. The fourth-order valence-electron chi connectivity index (χ4n) is 3.12. The standard InChI is InChI=1S/C20H26F3N3O4/c1-4-30-19(29)24-16(13(2)3)18(28)26-11-9-25(10-12-26)17(27)14-5-7-15(8-6-14)20(21,22)23/h5-8,13,16H,4,9-12H2,1-3H3,(H,24,29). The number of alkyl halides is 3. The molecule has 2 rings (SSSR count). The molecule has 1 unspecified atom stereocenters. The predicted octanol–water partition coefficient (Wildman–Crippen LogP) is 2.76. The highest BCUT2D eigenvalue weighted by molar-refractivity contribution is 5.94. The topological polar surface area (TPSA) is 79.0 Å². The minimum Gasteiger partial charge on any atom is -0.450 e. The summed E-state index contributed by atoms with van der Waals surface area (Å²) in [5, 5.41) is 2.57. The third-order valence-electron chi connectivity index (χ3n) is 4.82. The van der Waals surface area contributed by atoms with Crippen LogP contribution in [-0.4, -0.2) is 66.5 Å². The van der Waals surface area contributed by atoms with E-state index < -0.39 is 23.9 Å². The van der Waals surface area contributed by atoms with E-state index in [1.807, 2.05) is 0 Å². The molecule has 0 radical (unpaired) electrons. The largest absolute Gasteiger partial charge is 0.450 e. The molecule has 1 aromatic carbocycles. The van der Waals surface area contributed by atoms with Crippen molar-refractivity contribution in [3.63, 3.8) is 0 Å². The Hall–Kier alpha value is -2.78. The summed E-state index contributed by atoms with van der Waals surface area (Å²) >= 11 is 0. The number of piperazine rings is 1. The number of ether oxygens (including phenoxy) is 1. The molecule has 1 aliphatic rings. The van der Waals surface area contributed by atoms with Gasteiger partial charge in [-0.15, -0.1) is 0 Å². The molecule has 3 amide bonds. The number of nitrogens with zero attached hydrogens (tertiary/aromatic N) is 2. The number of carbonyl (C=O) groups is 3. The number of hydrogen-bond donors (Lipinski definition) is 1. The second-order valence-electron chi connectivity index (χ2n) is 7.28. The van der Waals surface area contributed by atoms with Crippen molar-refractivity contribution in [1.82, 2.24) is 15.1 Å². The fourth-order valence-corrected chi connectivity index (χ4v) is 3.12. The lowest BCUT2D eigenvalue weighted by Gasteiger charge is -2.37. The van der Waals surface area contributed by atoms with Gasteiger partial charge in [-0.2, -0.15) is 13.2 Å². The summed E-state index contributed by atoms with van der Waals surface area (Å²) in [5.41, 5.74) is -0.657. The van der Waals surface area contributed by atoms with Crippen LogP contribution >= 0.6 is 0 Å². The van der Waals surface area contributed by atoms with Crippen LogP contribution in [0.25, 0.3) is 0 Å². The van der Waals surface area contributed by atoms with Gasteiger partial charge in [0, 0.05) is 31.7 Å². The van der Waals surface area contributed by atoms with E-state index in [9.17, 15) is 27.6 Å². The smallest absolute Gasteiger partial charge is 0.416 e. The van der Waals surface area contributed by atoms with Crippen LogP contribution in [0.3, 0.4) is 0 Å². The maximum atomic E-state index is 12.8. The molecule has 10 heteroatoms. The first kappa shape index (κ1) is 23.5. The van der Waals surface area contributed by atoms with Gasteiger partial charge in [-0.25, -0.2) is 4.79 Å². The third kappa shape index (κ3) is 5.87. The molecular weight excluding hydrogens is 403 g/mol. The van der Waals surface area contributed by atoms with E-state index in [-0.39, 0.29) is 56.1 Å². The lowest BCUT2D eigenvalue weighted by atomic mass is 10.0. The molecule has 1 heterocycles. The Balaban J connectivity index is 1.96. The van der Waals surface area contributed by atoms with Crippen molar-refractivity contribution < 1.29 is 32.3 Å². The fraction of sp³-hybridized carbons (Fsp3) is 0.550. The number of benzene rings is 1. The maximum absolute atomic E-state index is 12.8. The van der Waals surface area contributed by atoms with Gasteiger partial charge in [0.05, 0.1) is 12.2 Å². The molecule has 30 heavy (non-hydrogen) atoms. The summed E-state index contributed by atoms with van der Waals surface area (Å²) in [5.74, 6) is -0.811. The highest BCUT2D eigenvalue weighted by Gasteiger charge is 2.33. The molecule has 0 bridgehead atoms. The Morgan fingerprint density at radius 3 is 2.03 bits per heavy atom. The number of alkyl carbamates (subject to hydrolysis) is 1. The van der Waals surface area contributed by atoms with Gasteiger partial charge in [-0.1, -0.05) is 13.8 Å². The summed E-state index contributed by atoms with van der Waals surface area (Å²) in [6, 6.07) is 3.31. The van der Waals surface area contributed by atoms with Gasteiger partial charge in [-0.05, 0) is 37.1 Å². The predicted molar refractivity (Wildman–Crippen MR) is 103 cm³/mol. The number of amides is 3. The molecule has 1 N–H and O–H groups in total. The zero-order valence-corrected chi connectivity index (χ0v) is 17.2. The van der Waals surface area contributed by atoms with E-state index in [0.29, 0.717) is 0 Å². The van der Waals surface area contributed by atoms with Crippen molar-refractivity contribution in [3.8, 4) is 0 Å².